The van der Waals surface area contributed by atoms with Crippen LogP contribution in [0, 0.1) is 11.6 Å². The highest BCUT2D eigenvalue weighted by molar-refractivity contribution is 9.10. The first kappa shape index (κ1) is 21.4. The Labute approximate surface area is 190 Å². The third kappa shape index (κ3) is 4.60. The Morgan fingerprint density at radius 2 is 1.77 bits per heavy atom. The Morgan fingerprint density at radius 1 is 1.06 bits per heavy atom. The van der Waals surface area contributed by atoms with Gasteiger partial charge in [0.15, 0.2) is 0 Å². The molecule has 0 saturated heterocycles. The summed E-state index contributed by atoms with van der Waals surface area (Å²) in [4.78, 5) is 14.5. The van der Waals surface area contributed by atoms with Gasteiger partial charge in [-0.05, 0) is 64.0 Å². The lowest BCUT2D eigenvalue weighted by Gasteiger charge is -2.14. The normalized spacial score (nSPS) is 11.1. The average molecular weight is 503 g/mol. The maximum Gasteiger partial charge on any atom is 0.411 e. The molecule has 0 saturated carbocycles. The van der Waals surface area contributed by atoms with E-state index in [1.54, 1.807) is 23.9 Å². The predicted octanol–water partition coefficient (Wildman–Crippen LogP) is 7.00. The summed E-state index contributed by atoms with van der Waals surface area (Å²) >= 11 is 5.11. The molecule has 0 aliphatic heterocycles. The highest BCUT2D eigenvalue weighted by Crippen LogP contribution is 2.39. The zero-order valence-electron chi connectivity index (χ0n) is 16.3. The van der Waals surface area contributed by atoms with Crippen LogP contribution in [0.25, 0.3) is 10.9 Å². The van der Waals surface area contributed by atoms with Crippen LogP contribution in [0.5, 0.6) is 0 Å². The molecule has 4 nitrogen and oxygen atoms in total. The molecular formula is C23H17BrF2N2O2S. The minimum atomic E-state index is -1.08. The van der Waals surface area contributed by atoms with E-state index in [-0.39, 0.29) is 6.54 Å². The Kier molecular flexibility index (Phi) is 6.02. The monoisotopic (exact) mass is 502 g/mol. The molecule has 0 radical (unpaired) electrons. The number of rotatable bonds is 5. The quantitative estimate of drug-likeness (QED) is 0.319. The van der Waals surface area contributed by atoms with E-state index in [1.165, 1.54) is 19.2 Å². The van der Waals surface area contributed by atoms with Crippen LogP contribution in [0.1, 0.15) is 5.56 Å². The Bertz CT molecular complexity index is 1270. The van der Waals surface area contributed by atoms with Gasteiger partial charge in [0.25, 0.3) is 0 Å². The lowest BCUT2D eigenvalue weighted by atomic mass is 10.2. The van der Waals surface area contributed by atoms with Crippen molar-refractivity contribution >= 4 is 50.4 Å². The summed E-state index contributed by atoms with van der Waals surface area (Å²) in [6, 6.07) is 16.6. The van der Waals surface area contributed by atoms with Crippen molar-refractivity contribution in [3.63, 3.8) is 0 Å². The maximum atomic E-state index is 13.7. The van der Waals surface area contributed by atoms with Crippen molar-refractivity contribution < 1.29 is 18.7 Å². The van der Waals surface area contributed by atoms with E-state index in [0.717, 1.165) is 36.1 Å². The number of hydrogen-bond donors (Lipinski definition) is 1. The fourth-order valence-corrected chi connectivity index (χ4v) is 4.86. The number of nitrogens with zero attached hydrogens (tertiary/aromatic N) is 2. The molecule has 0 aliphatic rings. The van der Waals surface area contributed by atoms with Crippen LogP contribution in [0.4, 0.5) is 19.3 Å². The van der Waals surface area contributed by atoms with E-state index >= 15 is 0 Å². The number of hydrogen-bond acceptors (Lipinski definition) is 2. The fraction of sp³-hybridized carbons (Fsp3) is 0.0870. The first-order valence-electron chi connectivity index (χ1n) is 9.29. The van der Waals surface area contributed by atoms with Gasteiger partial charge in [0.2, 0.25) is 0 Å². The number of aromatic nitrogens is 1. The van der Waals surface area contributed by atoms with Gasteiger partial charge in [-0.25, -0.2) is 13.6 Å². The third-order valence-corrected chi connectivity index (χ3v) is 6.91. The summed E-state index contributed by atoms with van der Waals surface area (Å²) in [5.74, 6) is -1.28. The predicted molar refractivity (Wildman–Crippen MR) is 122 cm³/mol. The first-order chi connectivity index (χ1) is 14.8. The van der Waals surface area contributed by atoms with Crippen LogP contribution in [0.3, 0.4) is 0 Å². The minimum Gasteiger partial charge on any atom is -0.465 e. The molecule has 0 aliphatic carbocycles. The standard InChI is InChI=1S/C23H17BrF2N2O2S/c1-27(23(29)30)17-6-7-18-20(11-17)28(12-14-8-15(25)10-16(26)9-14)13-22(18)31-21-5-3-2-4-19(21)24/h2-11,13H,12H2,1H3,(H,29,30). The van der Waals surface area contributed by atoms with E-state index in [1.807, 2.05) is 41.1 Å². The van der Waals surface area contributed by atoms with Crippen LogP contribution in [-0.4, -0.2) is 22.8 Å². The van der Waals surface area contributed by atoms with Crippen LogP contribution in [-0.2, 0) is 6.54 Å². The van der Waals surface area contributed by atoms with Gasteiger partial charge >= 0.3 is 6.09 Å². The van der Waals surface area contributed by atoms with Gasteiger partial charge in [-0.15, -0.1) is 0 Å². The maximum absolute atomic E-state index is 13.7. The Morgan fingerprint density at radius 3 is 2.45 bits per heavy atom. The smallest absolute Gasteiger partial charge is 0.411 e. The summed E-state index contributed by atoms with van der Waals surface area (Å²) in [7, 11) is 1.47. The van der Waals surface area contributed by atoms with Crippen LogP contribution >= 0.6 is 27.7 Å². The van der Waals surface area contributed by atoms with E-state index < -0.39 is 17.7 Å². The second-order valence-electron chi connectivity index (χ2n) is 6.97. The molecule has 4 aromatic rings. The molecule has 1 N–H and O–H groups in total. The molecular weight excluding hydrogens is 486 g/mol. The summed E-state index contributed by atoms with van der Waals surface area (Å²) in [5, 5.41) is 10.2. The Balaban J connectivity index is 1.82. The van der Waals surface area contributed by atoms with Gasteiger partial charge in [0, 0.05) is 51.2 Å². The van der Waals surface area contributed by atoms with E-state index in [0.29, 0.717) is 11.3 Å². The molecule has 1 heterocycles. The second kappa shape index (κ2) is 8.72. The first-order valence-corrected chi connectivity index (χ1v) is 10.9. The van der Waals surface area contributed by atoms with Crippen LogP contribution in [0.2, 0.25) is 0 Å². The van der Waals surface area contributed by atoms with Crippen LogP contribution in [0.15, 0.2) is 81.1 Å². The summed E-state index contributed by atoms with van der Waals surface area (Å²) in [5.41, 5.74) is 1.75. The minimum absolute atomic E-state index is 0.238. The van der Waals surface area contributed by atoms with Crippen molar-refractivity contribution in [3.8, 4) is 0 Å². The van der Waals surface area contributed by atoms with E-state index in [9.17, 15) is 18.7 Å². The molecule has 4 rings (SSSR count). The Hall–Kier alpha value is -2.84. The van der Waals surface area contributed by atoms with Gasteiger partial charge in [-0.2, -0.15) is 0 Å². The van der Waals surface area contributed by atoms with Gasteiger partial charge in [-0.1, -0.05) is 23.9 Å². The summed E-state index contributed by atoms with van der Waals surface area (Å²) in [6.45, 7) is 0.238. The van der Waals surface area contributed by atoms with Gasteiger partial charge in [0.1, 0.15) is 11.6 Å². The number of benzene rings is 3. The van der Waals surface area contributed by atoms with Crippen molar-refractivity contribution in [1.29, 1.82) is 0 Å². The van der Waals surface area contributed by atoms with Gasteiger partial charge in [-0.3, -0.25) is 4.90 Å². The van der Waals surface area contributed by atoms with Crippen molar-refractivity contribution in [2.45, 2.75) is 16.3 Å². The van der Waals surface area contributed by atoms with Gasteiger partial charge < -0.3 is 9.67 Å². The average Bonchev–Trinajstić information content (AvgIpc) is 3.04. The molecule has 0 atom stereocenters. The van der Waals surface area contributed by atoms with Crippen molar-refractivity contribution in [1.82, 2.24) is 4.57 Å². The molecule has 31 heavy (non-hydrogen) atoms. The molecule has 0 spiro atoms. The highest BCUT2D eigenvalue weighted by Gasteiger charge is 2.16. The number of carbonyl (C=O) groups is 1. The molecule has 158 valence electrons. The lowest BCUT2D eigenvalue weighted by Crippen LogP contribution is -2.23. The number of anilines is 1. The molecule has 8 heteroatoms. The summed E-state index contributed by atoms with van der Waals surface area (Å²) in [6.07, 6.45) is 0.842. The van der Waals surface area contributed by atoms with Crippen molar-refractivity contribution in [3.05, 3.63) is 88.5 Å². The molecule has 1 amide bonds. The number of halogens is 3. The van der Waals surface area contributed by atoms with Crippen molar-refractivity contribution in [2.75, 3.05) is 11.9 Å². The SMILES string of the molecule is CN(C(=O)O)c1ccc2c(Sc3ccccc3Br)cn(Cc3cc(F)cc(F)c3)c2c1. The van der Waals surface area contributed by atoms with Crippen molar-refractivity contribution in [2.24, 2.45) is 0 Å². The zero-order chi connectivity index (χ0) is 22.1. The molecule has 3 aromatic carbocycles. The third-order valence-electron chi connectivity index (χ3n) is 4.84. The van der Waals surface area contributed by atoms with Crippen LogP contribution < -0.4 is 4.90 Å². The highest BCUT2D eigenvalue weighted by atomic mass is 79.9. The van der Waals surface area contributed by atoms with E-state index in [4.69, 9.17) is 0 Å². The fourth-order valence-electron chi connectivity index (χ4n) is 3.32. The van der Waals surface area contributed by atoms with E-state index in [2.05, 4.69) is 15.9 Å². The lowest BCUT2D eigenvalue weighted by molar-refractivity contribution is 0.203. The number of carboxylic acid groups (broad SMARTS) is 1. The molecule has 0 bridgehead atoms. The largest absolute Gasteiger partial charge is 0.465 e. The number of fused-ring (bicyclic) bond motifs is 1. The second-order valence-corrected chi connectivity index (χ2v) is 8.91. The van der Waals surface area contributed by atoms with Gasteiger partial charge in [0.05, 0.1) is 5.52 Å². The topological polar surface area (TPSA) is 45.5 Å². The molecule has 0 fully saturated rings. The zero-order valence-corrected chi connectivity index (χ0v) is 18.8. The molecule has 0 unspecified atom stereocenters. The number of amides is 1. The molecule has 1 aromatic heterocycles. The summed E-state index contributed by atoms with van der Waals surface area (Å²) < 4.78 is 30.3.